The number of β-lactam (4-membered cyclic amide) rings is 1. The normalized spacial score (nSPS) is 20.7. The van der Waals surface area contributed by atoms with Crippen LogP contribution in [0.1, 0.15) is 22.0 Å². The zero-order valence-electron chi connectivity index (χ0n) is 10.7. The van der Waals surface area contributed by atoms with E-state index in [2.05, 4.69) is 5.32 Å². The molecule has 1 aliphatic heterocycles. The summed E-state index contributed by atoms with van der Waals surface area (Å²) in [6, 6.07) is 17.9. The molecule has 2 atom stereocenters. The zero-order valence-corrected chi connectivity index (χ0v) is 10.7. The third-order valence-corrected chi connectivity index (χ3v) is 3.26. The summed E-state index contributed by atoms with van der Waals surface area (Å²) in [7, 11) is 0. The van der Waals surface area contributed by atoms with Gasteiger partial charge in [-0.2, -0.15) is 0 Å². The average molecular weight is 267 g/mol. The molecule has 0 spiro atoms. The van der Waals surface area contributed by atoms with Crippen LogP contribution in [-0.2, 0) is 9.53 Å². The van der Waals surface area contributed by atoms with Crippen LogP contribution in [-0.4, -0.2) is 18.0 Å². The van der Waals surface area contributed by atoms with Gasteiger partial charge in [0, 0.05) is 0 Å². The Bertz CT molecular complexity index is 625. The number of benzene rings is 2. The van der Waals surface area contributed by atoms with Gasteiger partial charge in [0.05, 0.1) is 5.56 Å². The van der Waals surface area contributed by atoms with E-state index in [1.54, 1.807) is 24.3 Å². The first kappa shape index (κ1) is 12.4. The maximum Gasteiger partial charge on any atom is 0.338 e. The van der Waals surface area contributed by atoms with Crippen LogP contribution in [0.3, 0.4) is 0 Å². The summed E-state index contributed by atoms with van der Waals surface area (Å²) in [6.45, 7) is 0. The maximum absolute atomic E-state index is 12.0. The van der Waals surface area contributed by atoms with Gasteiger partial charge >= 0.3 is 5.97 Å². The number of nitrogens with one attached hydrogen (secondary N) is 1. The van der Waals surface area contributed by atoms with Crippen LogP contribution in [0.25, 0.3) is 0 Å². The van der Waals surface area contributed by atoms with Crippen LogP contribution in [0.4, 0.5) is 0 Å². The highest BCUT2D eigenvalue weighted by Crippen LogP contribution is 2.27. The summed E-state index contributed by atoms with van der Waals surface area (Å²) in [5, 5.41) is 2.75. The van der Waals surface area contributed by atoms with Gasteiger partial charge in [-0.25, -0.2) is 4.79 Å². The molecule has 0 radical (unpaired) electrons. The van der Waals surface area contributed by atoms with Gasteiger partial charge in [0.25, 0.3) is 5.91 Å². The molecule has 0 unspecified atom stereocenters. The van der Waals surface area contributed by atoms with Crippen molar-refractivity contribution in [3.8, 4) is 0 Å². The summed E-state index contributed by atoms with van der Waals surface area (Å²) < 4.78 is 5.30. The molecule has 1 amide bonds. The highest BCUT2D eigenvalue weighted by molar-refractivity contribution is 5.95. The van der Waals surface area contributed by atoms with Crippen molar-refractivity contribution in [3.05, 3.63) is 71.8 Å². The van der Waals surface area contributed by atoms with E-state index in [9.17, 15) is 9.59 Å². The predicted molar refractivity (Wildman–Crippen MR) is 73.0 cm³/mol. The average Bonchev–Trinajstić information content (AvgIpc) is 2.51. The molecule has 1 saturated heterocycles. The number of carbonyl (C=O) groups excluding carboxylic acids is 2. The molecule has 0 bridgehead atoms. The van der Waals surface area contributed by atoms with Gasteiger partial charge in [0.15, 0.2) is 0 Å². The van der Waals surface area contributed by atoms with E-state index in [0.717, 1.165) is 5.56 Å². The fourth-order valence-electron chi connectivity index (χ4n) is 2.16. The van der Waals surface area contributed by atoms with Gasteiger partial charge in [0.1, 0.15) is 6.04 Å². The van der Waals surface area contributed by atoms with E-state index in [1.807, 2.05) is 36.4 Å². The first-order valence-electron chi connectivity index (χ1n) is 6.37. The number of esters is 1. The molecule has 2 aromatic rings. The molecule has 1 heterocycles. The summed E-state index contributed by atoms with van der Waals surface area (Å²) in [4.78, 5) is 23.6. The predicted octanol–water partition coefficient (Wildman–Crippen LogP) is 2.08. The molecular weight excluding hydrogens is 254 g/mol. The van der Waals surface area contributed by atoms with Crippen molar-refractivity contribution in [2.24, 2.45) is 0 Å². The lowest BCUT2D eigenvalue weighted by Gasteiger charge is -2.36. The summed E-state index contributed by atoms with van der Waals surface area (Å²) in [5.74, 6) is -0.741. The van der Waals surface area contributed by atoms with E-state index in [4.69, 9.17) is 4.74 Å². The first-order chi connectivity index (χ1) is 9.75. The van der Waals surface area contributed by atoms with Gasteiger partial charge in [-0.1, -0.05) is 48.5 Å². The number of ether oxygens (including phenoxy) is 1. The molecule has 2 aromatic carbocycles. The van der Waals surface area contributed by atoms with Gasteiger partial charge in [0.2, 0.25) is 6.10 Å². The lowest BCUT2D eigenvalue weighted by Crippen LogP contribution is -2.57. The molecule has 4 heteroatoms. The zero-order chi connectivity index (χ0) is 13.9. The Kier molecular flexibility index (Phi) is 3.21. The molecular formula is C16H13NO3. The van der Waals surface area contributed by atoms with Crippen molar-refractivity contribution in [1.29, 1.82) is 0 Å². The van der Waals surface area contributed by atoms with E-state index in [-0.39, 0.29) is 11.9 Å². The Morgan fingerprint density at radius 2 is 1.55 bits per heavy atom. The minimum Gasteiger partial charge on any atom is -0.446 e. The van der Waals surface area contributed by atoms with E-state index in [1.165, 1.54) is 0 Å². The number of hydrogen-bond donors (Lipinski definition) is 1. The lowest BCUT2D eigenvalue weighted by atomic mass is 9.94. The third kappa shape index (κ3) is 2.28. The van der Waals surface area contributed by atoms with E-state index >= 15 is 0 Å². The minimum absolute atomic E-state index is 0.261. The van der Waals surface area contributed by atoms with Crippen molar-refractivity contribution in [2.75, 3.05) is 0 Å². The second kappa shape index (κ2) is 5.17. The molecule has 20 heavy (non-hydrogen) atoms. The van der Waals surface area contributed by atoms with Crippen molar-refractivity contribution in [3.63, 3.8) is 0 Å². The first-order valence-corrected chi connectivity index (χ1v) is 6.37. The molecule has 1 fully saturated rings. The van der Waals surface area contributed by atoms with E-state index < -0.39 is 12.1 Å². The van der Waals surface area contributed by atoms with Crippen LogP contribution in [0.5, 0.6) is 0 Å². The van der Waals surface area contributed by atoms with Crippen LogP contribution < -0.4 is 5.32 Å². The molecule has 4 nitrogen and oxygen atoms in total. The Labute approximate surface area is 116 Å². The van der Waals surface area contributed by atoms with Crippen molar-refractivity contribution < 1.29 is 14.3 Å². The van der Waals surface area contributed by atoms with Crippen LogP contribution in [0, 0.1) is 0 Å². The van der Waals surface area contributed by atoms with Gasteiger partial charge in [-0.05, 0) is 17.7 Å². The minimum atomic E-state index is -0.759. The summed E-state index contributed by atoms with van der Waals surface area (Å²) >= 11 is 0. The highest BCUT2D eigenvalue weighted by Gasteiger charge is 2.43. The van der Waals surface area contributed by atoms with Crippen LogP contribution >= 0.6 is 0 Å². The maximum atomic E-state index is 12.0. The smallest absolute Gasteiger partial charge is 0.338 e. The number of amides is 1. The van der Waals surface area contributed by atoms with Gasteiger partial charge in [-0.15, -0.1) is 0 Å². The molecule has 1 N–H and O–H groups in total. The molecule has 3 rings (SSSR count). The van der Waals surface area contributed by atoms with Gasteiger partial charge in [-0.3, -0.25) is 4.79 Å². The second-order valence-corrected chi connectivity index (χ2v) is 4.59. The quantitative estimate of drug-likeness (QED) is 0.684. The Hall–Kier alpha value is -2.62. The molecule has 1 aliphatic rings. The molecule has 0 aromatic heterocycles. The van der Waals surface area contributed by atoms with Crippen molar-refractivity contribution >= 4 is 11.9 Å². The summed E-state index contributed by atoms with van der Waals surface area (Å²) in [6.07, 6.45) is -0.759. The number of hydrogen-bond acceptors (Lipinski definition) is 3. The Balaban J connectivity index is 1.73. The van der Waals surface area contributed by atoms with Crippen LogP contribution in [0.2, 0.25) is 0 Å². The number of carbonyl (C=O) groups is 2. The highest BCUT2D eigenvalue weighted by atomic mass is 16.6. The van der Waals surface area contributed by atoms with Crippen molar-refractivity contribution in [1.82, 2.24) is 5.32 Å². The van der Waals surface area contributed by atoms with Crippen LogP contribution in [0.15, 0.2) is 60.7 Å². The number of rotatable bonds is 3. The van der Waals surface area contributed by atoms with E-state index in [0.29, 0.717) is 5.56 Å². The summed E-state index contributed by atoms with van der Waals surface area (Å²) in [5.41, 5.74) is 1.37. The SMILES string of the molecule is O=C(O[C@@H]1C(=O)N[C@@H]1c1ccccc1)c1ccccc1. The Morgan fingerprint density at radius 1 is 0.950 bits per heavy atom. The standard InChI is InChI=1S/C16H13NO3/c18-15-14(13(17-15)11-7-3-1-4-8-11)20-16(19)12-9-5-2-6-10-12/h1-10,13-14H,(H,17,18)/t13-,14+/m1/s1. The second-order valence-electron chi connectivity index (χ2n) is 4.59. The molecule has 0 saturated carbocycles. The molecule has 100 valence electrons. The largest absolute Gasteiger partial charge is 0.446 e. The van der Waals surface area contributed by atoms with Crippen molar-refractivity contribution in [2.45, 2.75) is 12.1 Å². The Morgan fingerprint density at radius 3 is 2.15 bits per heavy atom. The topological polar surface area (TPSA) is 55.4 Å². The third-order valence-electron chi connectivity index (χ3n) is 3.26. The monoisotopic (exact) mass is 267 g/mol. The fraction of sp³-hybridized carbons (Fsp3) is 0.125. The fourth-order valence-corrected chi connectivity index (χ4v) is 2.16. The lowest BCUT2D eigenvalue weighted by molar-refractivity contribution is -0.143. The molecule has 0 aliphatic carbocycles. The van der Waals surface area contributed by atoms with Gasteiger partial charge < -0.3 is 10.1 Å².